The fraction of sp³-hybridized carbons (Fsp3) is 0.533. The minimum atomic E-state index is -4.42. The molecule has 2 rings (SSSR count). The molecule has 1 amide bonds. The maximum absolute atomic E-state index is 12.2. The summed E-state index contributed by atoms with van der Waals surface area (Å²) in [5, 5.41) is -0.191. The summed E-state index contributed by atoms with van der Waals surface area (Å²) < 4.78 is 16.8. The fourth-order valence-electron chi connectivity index (χ4n) is 2.92. The first-order valence-corrected chi connectivity index (χ1v) is 8.94. The van der Waals surface area contributed by atoms with Crippen molar-refractivity contribution in [3.63, 3.8) is 0 Å². The van der Waals surface area contributed by atoms with Gasteiger partial charge in [-0.3, -0.25) is 9.36 Å². The van der Waals surface area contributed by atoms with E-state index in [1.807, 2.05) is 0 Å². The third-order valence-electron chi connectivity index (χ3n) is 3.75. The molecule has 1 fully saturated rings. The van der Waals surface area contributed by atoms with Gasteiger partial charge < -0.3 is 19.4 Å². The van der Waals surface area contributed by atoms with E-state index in [1.165, 1.54) is 18.2 Å². The maximum atomic E-state index is 12.2. The van der Waals surface area contributed by atoms with E-state index in [4.69, 9.17) is 4.74 Å². The summed E-state index contributed by atoms with van der Waals surface area (Å²) in [5.41, 5.74) is 0. The number of hydrogen-bond donors (Lipinski definition) is 2. The molecule has 2 N–H and O–H groups in total. The van der Waals surface area contributed by atoms with Crippen molar-refractivity contribution < 1.29 is 23.9 Å². The van der Waals surface area contributed by atoms with Crippen molar-refractivity contribution in [2.75, 3.05) is 19.7 Å². The molecule has 2 unspecified atom stereocenters. The van der Waals surface area contributed by atoms with Gasteiger partial charge in [-0.2, -0.15) is 0 Å². The molecule has 2 atom stereocenters. The molecule has 0 aromatic heterocycles. The quantitative estimate of drug-likeness (QED) is 0.816. The van der Waals surface area contributed by atoms with E-state index < -0.39 is 7.60 Å². The number of carbonyl (C=O) groups is 1. The van der Waals surface area contributed by atoms with Gasteiger partial charge in [-0.15, -0.1) is 0 Å². The van der Waals surface area contributed by atoms with Gasteiger partial charge in [0.25, 0.3) is 5.91 Å². The van der Waals surface area contributed by atoms with Crippen molar-refractivity contribution in [3.8, 4) is 5.75 Å². The Hall–Kier alpha value is -1.36. The van der Waals surface area contributed by atoms with Crippen LogP contribution in [0.3, 0.4) is 0 Å². The van der Waals surface area contributed by atoms with Gasteiger partial charge >= 0.3 is 7.60 Å². The van der Waals surface area contributed by atoms with E-state index >= 15 is 0 Å². The molecule has 1 saturated heterocycles. The molecule has 122 valence electrons. The van der Waals surface area contributed by atoms with Crippen molar-refractivity contribution in [2.24, 2.45) is 11.8 Å². The van der Waals surface area contributed by atoms with Crippen LogP contribution in [0, 0.1) is 11.8 Å². The number of amides is 1. The summed E-state index contributed by atoms with van der Waals surface area (Å²) in [6, 6.07) is 5.91. The van der Waals surface area contributed by atoms with Crippen LogP contribution in [0.25, 0.3) is 0 Å². The molecule has 1 aliphatic rings. The Morgan fingerprint density at radius 2 is 1.86 bits per heavy atom. The lowest BCUT2D eigenvalue weighted by Gasteiger charge is -2.34. The Balaban J connectivity index is 2.01. The first kappa shape index (κ1) is 17.0. The minimum Gasteiger partial charge on any atom is -0.483 e. The van der Waals surface area contributed by atoms with Crippen LogP contribution in [0.4, 0.5) is 0 Å². The maximum Gasteiger partial charge on any atom is 0.359 e. The highest BCUT2D eigenvalue weighted by atomic mass is 31.2. The van der Waals surface area contributed by atoms with Crippen molar-refractivity contribution in [2.45, 2.75) is 20.3 Å². The monoisotopic (exact) mass is 327 g/mol. The van der Waals surface area contributed by atoms with Gasteiger partial charge in [0.1, 0.15) is 11.1 Å². The van der Waals surface area contributed by atoms with Gasteiger partial charge in [-0.25, -0.2) is 0 Å². The molecule has 0 saturated carbocycles. The number of benzene rings is 1. The van der Waals surface area contributed by atoms with Gasteiger partial charge in [0.2, 0.25) is 0 Å². The fourth-order valence-corrected chi connectivity index (χ4v) is 3.62. The second-order valence-corrected chi connectivity index (χ2v) is 7.62. The van der Waals surface area contributed by atoms with Gasteiger partial charge in [-0.1, -0.05) is 26.0 Å². The molecule has 1 aliphatic heterocycles. The summed E-state index contributed by atoms with van der Waals surface area (Å²) in [6.45, 7) is 5.41. The lowest BCUT2D eigenvalue weighted by atomic mass is 9.92. The molecule has 0 spiro atoms. The zero-order valence-corrected chi connectivity index (χ0v) is 13.7. The lowest BCUT2D eigenvalue weighted by molar-refractivity contribution is -0.136. The first-order chi connectivity index (χ1) is 10.3. The molecular weight excluding hydrogens is 305 g/mol. The molecule has 0 radical (unpaired) electrons. The normalized spacial score (nSPS) is 22.5. The van der Waals surface area contributed by atoms with Gasteiger partial charge in [-0.05, 0) is 30.4 Å². The lowest BCUT2D eigenvalue weighted by Crippen LogP contribution is -2.44. The molecule has 22 heavy (non-hydrogen) atoms. The summed E-state index contributed by atoms with van der Waals surface area (Å²) in [4.78, 5) is 32.6. The van der Waals surface area contributed by atoms with Crippen LogP contribution in [0.2, 0.25) is 0 Å². The zero-order chi connectivity index (χ0) is 16.3. The Morgan fingerprint density at radius 3 is 2.45 bits per heavy atom. The molecule has 1 aromatic rings. The summed E-state index contributed by atoms with van der Waals surface area (Å²) >= 11 is 0. The second-order valence-electron chi connectivity index (χ2n) is 6.05. The van der Waals surface area contributed by atoms with Gasteiger partial charge in [0.15, 0.2) is 6.61 Å². The molecule has 0 bridgehead atoms. The molecule has 6 nitrogen and oxygen atoms in total. The van der Waals surface area contributed by atoms with E-state index in [-0.39, 0.29) is 23.6 Å². The van der Waals surface area contributed by atoms with Crippen LogP contribution in [0.1, 0.15) is 20.3 Å². The highest BCUT2D eigenvalue weighted by molar-refractivity contribution is 7.60. The van der Waals surface area contributed by atoms with Crippen LogP contribution in [0.15, 0.2) is 24.3 Å². The Labute approximate surface area is 130 Å². The average Bonchev–Trinajstić information content (AvgIpc) is 2.43. The minimum absolute atomic E-state index is 0.0577. The topological polar surface area (TPSA) is 87.1 Å². The Kier molecular flexibility index (Phi) is 5.27. The van der Waals surface area contributed by atoms with Gasteiger partial charge in [0, 0.05) is 13.1 Å². The number of nitrogens with zero attached hydrogens (tertiary/aromatic N) is 1. The highest BCUT2D eigenvalue weighted by Gasteiger charge is 2.27. The summed E-state index contributed by atoms with van der Waals surface area (Å²) in [5.74, 6) is 0.811. The average molecular weight is 327 g/mol. The number of para-hydroxylation sites is 1. The third-order valence-corrected chi connectivity index (χ3v) is 4.75. The van der Waals surface area contributed by atoms with E-state index in [2.05, 4.69) is 13.8 Å². The molecular formula is C15H22NO5P. The van der Waals surface area contributed by atoms with Crippen LogP contribution >= 0.6 is 7.60 Å². The van der Waals surface area contributed by atoms with Crippen molar-refractivity contribution in [3.05, 3.63) is 24.3 Å². The molecule has 1 heterocycles. The smallest absolute Gasteiger partial charge is 0.359 e. The standard InChI is InChI=1S/C15H22NO5P/c1-11-7-12(2)9-16(8-11)15(17)10-21-13-5-3-4-6-14(13)22(18,19)20/h3-6,11-12H,7-10H2,1-2H3,(H2,18,19,20). The number of rotatable bonds is 4. The van der Waals surface area contributed by atoms with Crippen molar-refractivity contribution in [1.82, 2.24) is 4.90 Å². The number of ether oxygens (including phenoxy) is 1. The first-order valence-electron chi connectivity index (χ1n) is 7.33. The largest absolute Gasteiger partial charge is 0.483 e. The summed E-state index contributed by atoms with van der Waals surface area (Å²) in [7, 11) is -4.42. The van der Waals surface area contributed by atoms with E-state index in [0.29, 0.717) is 24.9 Å². The SMILES string of the molecule is CC1CC(C)CN(C(=O)COc2ccccc2P(=O)(O)O)C1. The predicted molar refractivity (Wildman–Crippen MR) is 83.1 cm³/mol. The van der Waals surface area contributed by atoms with Crippen LogP contribution < -0.4 is 10.0 Å². The molecule has 1 aromatic carbocycles. The van der Waals surface area contributed by atoms with E-state index in [0.717, 1.165) is 6.42 Å². The zero-order valence-electron chi connectivity index (χ0n) is 12.8. The Bertz CT molecular complexity index is 575. The number of hydrogen-bond acceptors (Lipinski definition) is 3. The molecule has 0 aliphatic carbocycles. The van der Waals surface area contributed by atoms with E-state index in [9.17, 15) is 19.1 Å². The van der Waals surface area contributed by atoms with Crippen LogP contribution in [0.5, 0.6) is 5.75 Å². The second kappa shape index (κ2) is 6.82. The predicted octanol–water partition coefficient (Wildman–Crippen LogP) is 1.37. The van der Waals surface area contributed by atoms with Crippen molar-refractivity contribution in [1.29, 1.82) is 0 Å². The van der Waals surface area contributed by atoms with E-state index in [1.54, 1.807) is 11.0 Å². The highest BCUT2D eigenvalue weighted by Crippen LogP contribution is 2.37. The van der Waals surface area contributed by atoms with Crippen LogP contribution in [-0.4, -0.2) is 40.3 Å². The van der Waals surface area contributed by atoms with Gasteiger partial charge in [0.05, 0.1) is 0 Å². The number of carbonyl (C=O) groups excluding carboxylic acids is 1. The third kappa shape index (κ3) is 4.32. The van der Waals surface area contributed by atoms with Crippen LogP contribution in [-0.2, 0) is 9.36 Å². The number of piperidine rings is 1. The molecule has 7 heteroatoms. The summed E-state index contributed by atoms with van der Waals surface area (Å²) in [6.07, 6.45) is 1.10. The van der Waals surface area contributed by atoms with Crippen molar-refractivity contribution >= 4 is 18.8 Å². The number of likely N-dealkylation sites (tertiary alicyclic amines) is 1. The Morgan fingerprint density at radius 1 is 1.27 bits per heavy atom.